The van der Waals surface area contributed by atoms with Crippen molar-refractivity contribution < 1.29 is 0 Å². The lowest BCUT2D eigenvalue weighted by Gasteiger charge is -2.38. The van der Waals surface area contributed by atoms with Crippen LogP contribution in [0.3, 0.4) is 0 Å². The van der Waals surface area contributed by atoms with E-state index in [1.165, 1.54) is 12.8 Å². The van der Waals surface area contributed by atoms with Crippen molar-refractivity contribution in [1.82, 2.24) is 0 Å². The lowest BCUT2D eigenvalue weighted by atomic mass is 9.66. The second-order valence-electron chi connectivity index (χ2n) is 5.37. The summed E-state index contributed by atoms with van der Waals surface area (Å²) in [6.07, 6.45) is 2.50. The van der Waals surface area contributed by atoms with Gasteiger partial charge in [-0.2, -0.15) is 0 Å². The highest BCUT2D eigenvalue weighted by atomic mass is 14.5. The van der Waals surface area contributed by atoms with Crippen molar-refractivity contribution in [2.75, 3.05) is 0 Å². The van der Waals surface area contributed by atoms with Gasteiger partial charge in [-0.1, -0.05) is 52.0 Å². The Morgan fingerprint density at radius 3 is 2.36 bits per heavy atom. The molecule has 0 bridgehead atoms. The SMILES string of the molecule is CCC1(C)Cc2ccccc2C1(C)C. The van der Waals surface area contributed by atoms with Crippen LogP contribution in [0, 0.1) is 5.41 Å². The average Bonchev–Trinajstić information content (AvgIpc) is 2.37. The Labute approximate surface area is 87.3 Å². The molecule has 0 radical (unpaired) electrons. The fraction of sp³-hybridized carbons (Fsp3) is 0.571. The molecule has 14 heavy (non-hydrogen) atoms. The second-order valence-corrected chi connectivity index (χ2v) is 5.37. The maximum absolute atomic E-state index is 2.42. The summed E-state index contributed by atoms with van der Waals surface area (Å²) >= 11 is 0. The lowest BCUT2D eigenvalue weighted by molar-refractivity contribution is 0.188. The zero-order chi connectivity index (χ0) is 10.4. The molecule has 0 saturated heterocycles. The van der Waals surface area contributed by atoms with Crippen LogP contribution in [-0.4, -0.2) is 0 Å². The zero-order valence-electron chi connectivity index (χ0n) is 9.72. The lowest BCUT2D eigenvalue weighted by Crippen LogP contribution is -2.34. The van der Waals surface area contributed by atoms with E-state index in [9.17, 15) is 0 Å². The first-order valence-electron chi connectivity index (χ1n) is 5.60. The van der Waals surface area contributed by atoms with E-state index in [1.807, 2.05) is 0 Å². The van der Waals surface area contributed by atoms with E-state index in [-0.39, 0.29) is 0 Å². The summed E-state index contributed by atoms with van der Waals surface area (Å²) in [5, 5.41) is 0. The quantitative estimate of drug-likeness (QED) is 0.626. The normalized spacial score (nSPS) is 28.9. The third kappa shape index (κ3) is 1.06. The van der Waals surface area contributed by atoms with Crippen molar-refractivity contribution in [1.29, 1.82) is 0 Å². The molecule has 0 N–H and O–H groups in total. The van der Waals surface area contributed by atoms with Crippen molar-refractivity contribution in [3.8, 4) is 0 Å². The standard InChI is InChI=1S/C14H20/c1-5-14(4)10-11-8-6-7-9-12(11)13(14,2)3/h6-9H,5,10H2,1-4H3. The second kappa shape index (κ2) is 2.85. The number of fused-ring (bicyclic) bond motifs is 1. The molecule has 1 atom stereocenters. The first-order valence-corrected chi connectivity index (χ1v) is 5.60. The van der Waals surface area contributed by atoms with E-state index in [4.69, 9.17) is 0 Å². The van der Waals surface area contributed by atoms with Gasteiger partial charge in [0.05, 0.1) is 0 Å². The van der Waals surface area contributed by atoms with Gasteiger partial charge in [-0.25, -0.2) is 0 Å². The third-order valence-electron chi connectivity index (χ3n) is 4.56. The Bertz CT molecular complexity index is 349. The molecule has 76 valence electrons. The smallest absolute Gasteiger partial charge is 0.00440 e. The van der Waals surface area contributed by atoms with Gasteiger partial charge in [-0.05, 0) is 34.8 Å². The molecule has 2 rings (SSSR count). The zero-order valence-corrected chi connectivity index (χ0v) is 9.72. The summed E-state index contributed by atoms with van der Waals surface area (Å²) < 4.78 is 0. The van der Waals surface area contributed by atoms with Gasteiger partial charge in [0, 0.05) is 0 Å². The number of hydrogen-bond acceptors (Lipinski definition) is 0. The van der Waals surface area contributed by atoms with Gasteiger partial charge in [0.2, 0.25) is 0 Å². The van der Waals surface area contributed by atoms with Gasteiger partial charge in [-0.15, -0.1) is 0 Å². The predicted octanol–water partition coefficient (Wildman–Crippen LogP) is 3.94. The Morgan fingerprint density at radius 2 is 1.79 bits per heavy atom. The molecular formula is C14H20. The Kier molecular flexibility index (Phi) is 1.99. The molecule has 1 aliphatic carbocycles. The van der Waals surface area contributed by atoms with E-state index in [1.54, 1.807) is 11.1 Å². The van der Waals surface area contributed by atoms with Crippen molar-refractivity contribution in [3.05, 3.63) is 35.4 Å². The van der Waals surface area contributed by atoms with Crippen LogP contribution in [0.5, 0.6) is 0 Å². The summed E-state index contributed by atoms with van der Waals surface area (Å²) in [4.78, 5) is 0. The predicted molar refractivity (Wildman–Crippen MR) is 61.6 cm³/mol. The highest BCUT2D eigenvalue weighted by Gasteiger charge is 2.46. The molecule has 0 aromatic heterocycles. The van der Waals surface area contributed by atoms with E-state index in [0.717, 1.165) is 0 Å². The number of rotatable bonds is 1. The van der Waals surface area contributed by atoms with Gasteiger partial charge in [0.1, 0.15) is 0 Å². The van der Waals surface area contributed by atoms with Gasteiger partial charge < -0.3 is 0 Å². The molecule has 0 heterocycles. The highest BCUT2D eigenvalue weighted by Crippen LogP contribution is 2.52. The summed E-state index contributed by atoms with van der Waals surface area (Å²) in [6, 6.07) is 8.92. The van der Waals surface area contributed by atoms with Crippen LogP contribution in [0.1, 0.15) is 45.2 Å². The van der Waals surface area contributed by atoms with E-state index in [0.29, 0.717) is 10.8 Å². The summed E-state index contributed by atoms with van der Waals surface area (Å²) in [5.41, 5.74) is 3.89. The van der Waals surface area contributed by atoms with E-state index in [2.05, 4.69) is 52.0 Å². The first-order chi connectivity index (χ1) is 6.51. The molecule has 1 unspecified atom stereocenters. The molecule has 0 amide bonds. The molecular weight excluding hydrogens is 168 g/mol. The van der Waals surface area contributed by atoms with Gasteiger partial charge in [0.15, 0.2) is 0 Å². The van der Waals surface area contributed by atoms with Crippen LogP contribution in [0.15, 0.2) is 24.3 Å². The molecule has 0 nitrogen and oxygen atoms in total. The Morgan fingerprint density at radius 1 is 1.14 bits per heavy atom. The minimum Gasteiger partial charge on any atom is -0.0648 e. The van der Waals surface area contributed by atoms with Crippen LogP contribution in [-0.2, 0) is 11.8 Å². The monoisotopic (exact) mass is 188 g/mol. The molecule has 1 aromatic rings. The van der Waals surface area contributed by atoms with Gasteiger partial charge in [-0.3, -0.25) is 0 Å². The number of benzene rings is 1. The molecule has 0 heteroatoms. The largest absolute Gasteiger partial charge is 0.0648 e. The Balaban J connectivity index is 2.56. The number of hydrogen-bond donors (Lipinski definition) is 0. The fourth-order valence-corrected chi connectivity index (χ4v) is 2.82. The van der Waals surface area contributed by atoms with Crippen molar-refractivity contribution >= 4 is 0 Å². The maximum atomic E-state index is 2.42. The minimum atomic E-state index is 0.332. The van der Waals surface area contributed by atoms with Crippen molar-refractivity contribution in [2.24, 2.45) is 5.41 Å². The van der Waals surface area contributed by atoms with Crippen LogP contribution in [0.2, 0.25) is 0 Å². The molecule has 0 fully saturated rings. The average molecular weight is 188 g/mol. The molecule has 1 aromatic carbocycles. The van der Waals surface area contributed by atoms with Crippen LogP contribution in [0.4, 0.5) is 0 Å². The van der Waals surface area contributed by atoms with E-state index >= 15 is 0 Å². The highest BCUT2D eigenvalue weighted by molar-refractivity contribution is 5.41. The summed E-state index contributed by atoms with van der Waals surface area (Å²) in [7, 11) is 0. The van der Waals surface area contributed by atoms with Crippen LogP contribution in [0.25, 0.3) is 0 Å². The summed E-state index contributed by atoms with van der Waals surface area (Å²) in [5.74, 6) is 0. The summed E-state index contributed by atoms with van der Waals surface area (Å²) in [6.45, 7) is 9.52. The fourth-order valence-electron chi connectivity index (χ4n) is 2.82. The molecule has 0 spiro atoms. The van der Waals surface area contributed by atoms with Gasteiger partial charge in [0.25, 0.3) is 0 Å². The molecule has 0 aliphatic heterocycles. The molecule has 1 aliphatic rings. The van der Waals surface area contributed by atoms with Crippen molar-refractivity contribution in [2.45, 2.75) is 46.0 Å². The topological polar surface area (TPSA) is 0 Å². The van der Waals surface area contributed by atoms with E-state index < -0.39 is 0 Å². The minimum absolute atomic E-state index is 0.332. The van der Waals surface area contributed by atoms with Crippen LogP contribution < -0.4 is 0 Å². The molecule has 0 saturated carbocycles. The van der Waals surface area contributed by atoms with Gasteiger partial charge >= 0.3 is 0 Å². The third-order valence-corrected chi connectivity index (χ3v) is 4.56. The maximum Gasteiger partial charge on any atom is -0.00440 e. The van der Waals surface area contributed by atoms with Crippen molar-refractivity contribution in [3.63, 3.8) is 0 Å². The first kappa shape index (κ1) is 9.76. The van der Waals surface area contributed by atoms with Crippen LogP contribution >= 0.6 is 0 Å². The Hall–Kier alpha value is -0.780.